The van der Waals surface area contributed by atoms with Gasteiger partial charge in [-0.15, -0.1) is 0 Å². The van der Waals surface area contributed by atoms with E-state index in [1.807, 2.05) is 6.07 Å². The number of rotatable bonds is 11. The summed E-state index contributed by atoms with van der Waals surface area (Å²) >= 11 is 0. The second-order valence-electron chi connectivity index (χ2n) is 7.27. The summed E-state index contributed by atoms with van der Waals surface area (Å²) in [5.41, 5.74) is 5.82. The second-order valence-corrected chi connectivity index (χ2v) is 7.27. The Hall–Kier alpha value is -2.30. The molecule has 0 radical (unpaired) electrons. The number of H-pyrrole nitrogens is 1. The van der Waals surface area contributed by atoms with E-state index in [4.69, 9.17) is 9.47 Å². The minimum Gasteiger partial charge on any atom is -0.383 e. The van der Waals surface area contributed by atoms with Crippen LogP contribution in [0.5, 0.6) is 0 Å². The van der Waals surface area contributed by atoms with E-state index >= 15 is 0 Å². The van der Waals surface area contributed by atoms with Gasteiger partial charge in [0, 0.05) is 24.7 Å². The highest BCUT2D eigenvalue weighted by atomic mass is 16.5. The van der Waals surface area contributed by atoms with E-state index in [-0.39, 0.29) is 0 Å². The fraction of sp³-hybridized carbons (Fsp3) is 0.417. The highest BCUT2D eigenvalue weighted by Gasteiger charge is 2.11. The smallest absolute Gasteiger partial charge is 0.0719 e. The molecule has 0 atom stereocenters. The highest BCUT2D eigenvalue weighted by molar-refractivity contribution is 5.95. The van der Waals surface area contributed by atoms with Gasteiger partial charge in [0.1, 0.15) is 0 Å². The van der Waals surface area contributed by atoms with Gasteiger partial charge in [0.25, 0.3) is 0 Å². The summed E-state index contributed by atoms with van der Waals surface area (Å²) in [6.45, 7) is 7.31. The van der Waals surface area contributed by atoms with Crippen LogP contribution in [-0.2, 0) is 16.1 Å². The number of hydrogen-bond acceptors (Lipinski definition) is 3. The Balaban J connectivity index is 1.90. The summed E-state index contributed by atoms with van der Waals surface area (Å²) in [6, 6.07) is 17.1. The normalized spacial score (nSPS) is 11.4. The van der Waals surface area contributed by atoms with Crippen molar-refractivity contribution in [3.05, 3.63) is 54.1 Å². The third-order valence-electron chi connectivity index (χ3n) is 5.31. The molecule has 0 saturated heterocycles. The Morgan fingerprint density at radius 1 is 1.00 bits per heavy atom. The minimum absolute atomic E-state index is 0.588. The van der Waals surface area contributed by atoms with Gasteiger partial charge in [-0.3, -0.25) is 0 Å². The van der Waals surface area contributed by atoms with Crippen LogP contribution < -0.4 is 5.32 Å². The molecule has 28 heavy (non-hydrogen) atoms. The van der Waals surface area contributed by atoms with E-state index < -0.39 is 0 Å². The van der Waals surface area contributed by atoms with Crippen LogP contribution in [0, 0.1) is 5.92 Å². The molecule has 2 N–H and O–H groups in total. The first-order valence-corrected chi connectivity index (χ1v) is 10.3. The van der Waals surface area contributed by atoms with E-state index in [1.54, 1.807) is 7.11 Å². The number of nitrogens with one attached hydrogen (secondary N) is 2. The number of methoxy groups -OCH3 is 1. The van der Waals surface area contributed by atoms with E-state index in [2.05, 4.69) is 66.6 Å². The van der Waals surface area contributed by atoms with E-state index in [9.17, 15) is 0 Å². The molecule has 0 aliphatic carbocycles. The number of hydrogen-bond donors (Lipinski definition) is 2. The first-order chi connectivity index (χ1) is 13.7. The molecule has 2 aromatic carbocycles. The van der Waals surface area contributed by atoms with Gasteiger partial charge in [-0.25, -0.2) is 0 Å². The molecule has 0 aliphatic rings. The average Bonchev–Trinajstić information content (AvgIpc) is 3.17. The lowest BCUT2D eigenvalue weighted by Crippen LogP contribution is -2.13. The fourth-order valence-corrected chi connectivity index (χ4v) is 3.47. The van der Waals surface area contributed by atoms with Crippen molar-refractivity contribution in [2.45, 2.75) is 33.3 Å². The van der Waals surface area contributed by atoms with Crippen LogP contribution in [0.15, 0.2) is 48.5 Å². The molecule has 0 aliphatic heterocycles. The second kappa shape index (κ2) is 10.3. The third kappa shape index (κ3) is 5.15. The molecule has 1 aromatic heterocycles. The summed E-state index contributed by atoms with van der Waals surface area (Å²) in [5, 5.41) is 4.89. The zero-order valence-electron chi connectivity index (χ0n) is 17.3. The average molecular weight is 381 g/mol. The SMILES string of the molecule is CCC(CC)CNc1cc(COCCOC)cc2cc(-c3ccccc3)[nH]c12. The van der Waals surface area contributed by atoms with Crippen molar-refractivity contribution in [3.8, 4) is 11.3 Å². The van der Waals surface area contributed by atoms with Gasteiger partial charge in [0.2, 0.25) is 0 Å². The highest BCUT2D eigenvalue weighted by Crippen LogP contribution is 2.31. The predicted molar refractivity (Wildman–Crippen MR) is 118 cm³/mol. The molecule has 1 heterocycles. The first kappa shape index (κ1) is 20.4. The maximum atomic E-state index is 5.76. The molecular weight excluding hydrogens is 348 g/mol. The van der Waals surface area contributed by atoms with Crippen LogP contribution in [0.3, 0.4) is 0 Å². The maximum absolute atomic E-state index is 5.76. The number of aromatic amines is 1. The van der Waals surface area contributed by atoms with Crippen molar-refractivity contribution in [1.29, 1.82) is 0 Å². The lowest BCUT2D eigenvalue weighted by molar-refractivity contribution is 0.0617. The fourth-order valence-electron chi connectivity index (χ4n) is 3.47. The number of ether oxygens (including phenoxy) is 2. The monoisotopic (exact) mass is 380 g/mol. The summed E-state index contributed by atoms with van der Waals surface area (Å²) in [5.74, 6) is 0.681. The van der Waals surface area contributed by atoms with Crippen molar-refractivity contribution in [1.82, 2.24) is 4.98 Å². The standard InChI is InChI=1S/C24H32N2O2/c1-4-18(5-2)16-25-23-14-19(17-28-12-11-27-3)13-21-15-22(26-24(21)23)20-9-7-6-8-10-20/h6-10,13-15,18,25-26H,4-5,11-12,16-17H2,1-3H3. The van der Waals surface area contributed by atoms with E-state index in [1.165, 1.54) is 29.4 Å². The predicted octanol–water partition coefficient (Wildman–Crippen LogP) is 5.85. The third-order valence-corrected chi connectivity index (χ3v) is 5.31. The van der Waals surface area contributed by atoms with Gasteiger partial charge >= 0.3 is 0 Å². The molecule has 0 unspecified atom stereocenters. The van der Waals surface area contributed by atoms with Crippen LogP contribution in [0.4, 0.5) is 5.69 Å². The topological polar surface area (TPSA) is 46.3 Å². The molecule has 0 spiro atoms. The zero-order valence-corrected chi connectivity index (χ0v) is 17.3. The molecule has 0 fully saturated rings. The van der Waals surface area contributed by atoms with Crippen molar-refractivity contribution < 1.29 is 9.47 Å². The quantitative estimate of drug-likeness (QED) is 0.410. The van der Waals surface area contributed by atoms with Gasteiger partial charge in [-0.2, -0.15) is 0 Å². The van der Waals surface area contributed by atoms with Crippen LogP contribution in [0.25, 0.3) is 22.2 Å². The summed E-state index contributed by atoms with van der Waals surface area (Å²) in [4.78, 5) is 3.62. The zero-order chi connectivity index (χ0) is 19.8. The molecule has 0 bridgehead atoms. The molecule has 3 rings (SSSR count). The van der Waals surface area contributed by atoms with Gasteiger partial charge in [-0.05, 0) is 35.2 Å². The van der Waals surface area contributed by atoms with Crippen molar-refractivity contribution >= 4 is 16.6 Å². The summed E-state index contributed by atoms with van der Waals surface area (Å²) in [7, 11) is 1.69. The minimum atomic E-state index is 0.588. The molecule has 4 nitrogen and oxygen atoms in total. The number of fused-ring (bicyclic) bond motifs is 1. The molecule has 150 valence electrons. The maximum Gasteiger partial charge on any atom is 0.0719 e. The molecule has 0 saturated carbocycles. The van der Waals surface area contributed by atoms with Crippen LogP contribution >= 0.6 is 0 Å². The van der Waals surface area contributed by atoms with Crippen molar-refractivity contribution in [2.24, 2.45) is 5.92 Å². The van der Waals surface area contributed by atoms with Gasteiger partial charge in [0.05, 0.1) is 31.0 Å². The van der Waals surface area contributed by atoms with Crippen molar-refractivity contribution in [3.63, 3.8) is 0 Å². The summed E-state index contributed by atoms with van der Waals surface area (Å²) < 4.78 is 10.8. The largest absolute Gasteiger partial charge is 0.383 e. The first-order valence-electron chi connectivity index (χ1n) is 10.3. The molecule has 0 amide bonds. The van der Waals surface area contributed by atoms with Crippen LogP contribution in [0.1, 0.15) is 32.3 Å². The van der Waals surface area contributed by atoms with E-state index in [0.29, 0.717) is 25.7 Å². The Labute approximate surface area is 168 Å². The Kier molecular flexibility index (Phi) is 7.52. The number of aromatic nitrogens is 1. The molecular formula is C24H32N2O2. The number of anilines is 1. The van der Waals surface area contributed by atoms with Gasteiger partial charge in [-0.1, -0.05) is 57.0 Å². The Morgan fingerprint density at radius 3 is 2.50 bits per heavy atom. The van der Waals surface area contributed by atoms with Crippen LogP contribution in [0.2, 0.25) is 0 Å². The van der Waals surface area contributed by atoms with Crippen molar-refractivity contribution in [2.75, 3.05) is 32.2 Å². The molecule has 4 heteroatoms. The molecule has 3 aromatic rings. The Morgan fingerprint density at radius 2 is 1.79 bits per heavy atom. The lowest BCUT2D eigenvalue weighted by Gasteiger charge is -2.16. The van der Waals surface area contributed by atoms with Gasteiger partial charge in [0.15, 0.2) is 0 Å². The number of benzene rings is 2. The van der Waals surface area contributed by atoms with Gasteiger partial charge < -0.3 is 19.8 Å². The lowest BCUT2D eigenvalue weighted by atomic mass is 10.0. The van der Waals surface area contributed by atoms with E-state index in [0.717, 1.165) is 23.4 Å². The summed E-state index contributed by atoms with van der Waals surface area (Å²) in [6.07, 6.45) is 2.37. The van der Waals surface area contributed by atoms with Crippen LogP contribution in [-0.4, -0.2) is 31.9 Å². The Bertz CT molecular complexity index is 854.